The molecule has 96 valence electrons. The van der Waals surface area contributed by atoms with Crippen molar-refractivity contribution in [3.05, 3.63) is 12.7 Å². The van der Waals surface area contributed by atoms with Crippen LogP contribution in [-0.2, 0) is 4.74 Å². The molecule has 0 heterocycles. The molecule has 5 heteroatoms. The monoisotopic (exact) mass is 239 g/mol. The van der Waals surface area contributed by atoms with E-state index in [-0.39, 0.29) is 12.6 Å². The number of alkyl halides is 3. The Kier molecular flexibility index (Phi) is 8.29. The van der Waals surface area contributed by atoms with E-state index in [9.17, 15) is 13.2 Å². The molecule has 16 heavy (non-hydrogen) atoms. The Hall–Kier alpha value is -0.550. The van der Waals surface area contributed by atoms with Gasteiger partial charge in [0.25, 0.3) is 0 Å². The Morgan fingerprint density at radius 2 is 1.94 bits per heavy atom. The van der Waals surface area contributed by atoms with Crippen LogP contribution in [0.1, 0.15) is 32.1 Å². The van der Waals surface area contributed by atoms with Gasteiger partial charge in [-0.1, -0.05) is 18.9 Å². The van der Waals surface area contributed by atoms with E-state index in [4.69, 9.17) is 5.73 Å². The predicted octanol–water partition coefficient (Wildman–Crippen LogP) is 3.03. The average Bonchev–Trinajstić information content (AvgIpc) is 2.15. The lowest BCUT2D eigenvalue weighted by molar-refractivity contribution is -0.174. The SMILES string of the molecule is C=CCCCCCC(N)COCC(F)(F)F. The molecule has 0 aliphatic heterocycles. The number of hydrogen-bond acceptors (Lipinski definition) is 2. The van der Waals surface area contributed by atoms with E-state index in [2.05, 4.69) is 11.3 Å². The zero-order valence-corrected chi connectivity index (χ0v) is 9.43. The molecule has 0 saturated heterocycles. The molecule has 0 aliphatic carbocycles. The zero-order valence-electron chi connectivity index (χ0n) is 9.43. The summed E-state index contributed by atoms with van der Waals surface area (Å²) in [5.41, 5.74) is 5.61. The van der Waals surface area contributed by atoms with Crippen molar-refractivity contribution in [2.24, 2.45) is 5.73 Å². The Labute approximate surface area is 94.6 Å². The van der Waals surface area contributed by atoms with Crippen LogP contribution in [0.15, 0.2) is 12.7 Å². The number of nitrogens with two attached hydrogens (primary N) is 1. The molecule has 0 aliphatic rings. The van der Waals surface area contributed by atoms with Crippen molar-refractivity contribution in [2.75, 3.05) is 13.2 Å². The second kappa shape index (κ2) is 8.58. The van der Waals surface area contributed by atoms with Crippen molar-refractivity contribution in [2.45, 2.75) is 44.3 Å². The average molecular weight is 239 g/mol. The molecule has 0 spiro atoms. The molecule has 2 N–H and O–H groups in total. The van der Waals surface area contributed by atoms with Crippen LogP contribution in [0.5, 0.6) is 0 Å². The number of unbranched alkanes of at least 4 members (excludes halogenated alkanes) is 3. The number of hydrogen-bond donors (Lipinski definition) is 1. The van der Waals surface area contributed by atoms with Gasteiger partial charge in [0, 0.05) is 6.04 Å². The summed E-state index contributed by atoms with van der Waals surface area (Å²) in [6.45, 7) is 2.37. The van der Waals surface area contributed by atoms with Crippen molar-refractivity contribution in [3.63, 3.8) is 0 Å². The Morgan fingerprint density at radius 3 is 2.50 bits per heavy atom. The van der Waals surface area contributed by atoms with Gasteiger partial charge in [-0.2, -0.15) is 13.2 Å². The second-order valence-electron chi connectivity index (χ2n) is 3.82. The van der Waals surface area contributed by atoms with Gasteiger partial charge in [-0.25, -0.2) is 0 Å². The maximum absolute atomic E-state index is 11.7. The number of allylic oxidation sites excluding steroid dienone is 1. The highest BCUT2D eigenvalue weighted by Gasteiger charge is 2.27. The normalized spacial score (nSPS) is 13.8. The highest BCUT2D eigenvalue weighted by atomic mass is 19.4. The third-order valence-corrected chi connectivity index (χ3v) is 2.08. The summed E-state index contributed by atoms with van der Waals surface area (Å²) < 4.78 is 39.6. The van der Waals surface area contributed by atoms with Crippen molar-refractivity contribution >= 4 is 0 Å². The number of halogens is 3. The molecule has 0 aromatic rings. The van der Waals surface area contributed by atoms with E-state index in [1.54, 1.807) is 0 Å². The van der Waals surface area contributed by atoms with E-state index in [1.807, 2.05) is 6.08 Å². The van der Waals surface area contributed by atoms with Crippen LogP contribution >= 0.6 is 0 Å². The molecule has 1 atom stereocenters. The van der Waals surface area contributed by atoms with Crippen molar-refractivity contribution in [1.29, 1.82) is 0 Å². The Morgan fingerprint density at radius 1 is 1.25 bits per heavy atom. The van der Waals surface area contributed by atoms with Gasteiger partial charge < -0.3 is 10.5 Å². The van der Waals surface area contributed by atoms with E-state index in [0.29, 0.717) is 6.42 Å². The fourth-order valence-electron chi connectivity index (χ4n) is 1.28. The van der Waals surface area contributed by atoms with Crippen molar-refractivity contribution in [1.82, 2.24) is 0 Å². The molecule has 0 saturated carbocycles. The van der Waals surface area contributed by atoms with Gasteiger partial charge in [-0.05, 0) is 19.3 Å². The molecular weight excluding hydrogens is 219 g/mol. The molecule has 0 radical (unpaired) electrons. The van der Waals surface area contributed by atoms with E-state index in [1.165, 1.54) is 0 Å². The van der Waals surface area contributed by atoms with Crippen LogP contribution in [0.2, 0.25) is 0 Å². The van der Waals surface area contributed by atoms with E-state index >= 15 is 0 Å². The van der Waals surface area contributed by atoms with Crippen LogP contribution in [-0.4, -0.2) is 25.4 Å². The molecule has 0 fully saturated rings. The number of ether oxygens (including phenoxy) is 1. The Balaban J connectivity index is 3.31. The minimum atomic E-state index is -4.26. The summed E-state index contributed by atoms with van der Waals surface area (Å²) in [5, 5.41) is 0. The van der Waals surface area contributed by atoms with Gasteiger partial charge in [-0.3, -0.25) is 0 Å². The first-order valence-corrected chi connectivity index (χ1v) is 5.46. The van der Waals surface area contributed by atoms with Gasteiger partial charge >= 0.3 is 6.18 Å². The van der Waals surface area contributed by atoms with Crippen LogP contribution in [0.4, 0.5) is 13.2 Å². The maximum atomic E-state index is 11.7. The molecule has 0 bridgehead atoms. The summed E-state index contributed by atoms with van der Waals surface area (Å²) >= 11 is 0. The zero-order chi connectivity index (χ0) is 12.4. The summed E-state index contributed by atoms with van der Waals surface area (Å²) in [6.07, 6.45) is 2.27. The van der Waals surface area contributed by atoms with Gasteiger partial charge in [0.1, 0.15) is 6.61 Å². The van der Waals surface area contributed by atoms with E-state index in [0.717, 1.165) is 25.7 Å². The molecule has 2 nitrogen and oxygen atoms in total. The molecule has 0 rings (SSSR count). The van der Waals surface area contributed by atoms with Crippen LogP contribution < -0.4 is 5.73 Å². The standard InChI is InChI=1S/C11H20F3NO/c1-2-3-4-5-6-7-10(15)8-16-9-11(12,13)14/h2,10H,1,3-9,15H2. The molecular formula is C11H20F3NO. The lowest BCUT2D eigenvalue weighted by atomic mass is 10.1. The number of rotatable bonds is 9. The minimum Gasteiger partial charge on any atom is -0.370 e. The van der Waals surface area contributed by atoms with Gasteiger partial charge in [0.15, 0.2) is 0 Å². The predicted molar refractivity (Wildman–Crippen MR) is 58.1 cm³/mol. The lowest BCUT2D eigenvalue weighted by Gasteiger charge is -2.13. The van der Waals surface area contributed by atoms with Crippen LogP contribution in [0.25, 0.3) is 0 Å². The first-order valence-electron chi connectivity index (χ1n) is 5.46. The highest BCUT2D eigenvalue weighted by molar-refractivity contribution is 4.66. The van der Waals surface area contributed by atoms with Gasteiger partial charge in [-0.15, -0.1) is 6.58 Å². The smallest absolute Gasteiger partial charge is 0.370 e. The summed E-state index contributed by atoms with van der Waals surface area (Å²) in [4.78, 5) is 0. The minimum absolute atomic E-state index is 0.0268. The molecule has 0 amide bonds. The van der Waals surface area contributed by atoms with Crippen LogP contribution in [0, 0.1) is 0 Å². The highest BCUT2D eigenvalue weighted by Crippen LogP contribution is 2.14. The summed E-state index contributed by atoms with van der Waals surface area (Å²) in [5.74, 6) is 0. The third-order valence-electron chi connectivity index (χ3n) is 2.08. The maximum Gasteiger partial charge on any atom is 0.411 e. The fourth-order valence-corrected chi connectivity index (χ4v) is 1.28. The molecule has 1 unspecified atom stereocenters. The van der Waals surface area contributed by atoms with E-state index < -0.39 is 12.8 Å². The lowest BCUT2D eigenvalue weighted by Crippen LogP contribution is -2.29. The quantitative estimate of drug-likeness (QED) is 0.496. The second-order valence-corrected chi connectivity index (χ2v) is 3.82. The van der Waals surface area contributed by atoms with Gasteiger partial charge in [0.2, 0.25) is 0 Å². The summed E-state index contributed by atoms with van der Waals surface area (Å²) in [6, 6.07) is -0.300. The molecule has 0 aromatic carbocycles. The topological polar surface area (TPSA) is 35.2 Å². The summed E-state index contributed by atoms with van der Waals surface area (Å²) in [7, 11) is 0. The largest absolute Gasteiger partial charge is 0.411 e. The van der Waals surface area contributed by atoms with Crippen molar-refractivity contribution in [3.8, 4) is 0 Å². The van der Waals surface area contributed by atoms with Gasteiger partial charge in [0.05, 0.1) is 6.61 Å². The molecule has 0 aromatic heterocycles. The Bertz CT molecular complexity index is 183. The fraction of sp³-hybridized carbons (Fsp3) is 0.818. The van der Waals surface area contributed by atoms with Crippen LogP contribution in [0.3, 0.4) is 0 Å². The first kappa shape index (κ1) is 15.4. The third kappa shape index (κ3) is 11.5. The first-order chi connectivity index (χ1) is 7.45. The van der Waals surface area contributed by atoms with Crippen molar-refractivity contribution < 1.29 is 17.9 Å².